The number of esters is 5. The molecule has 3 aromatic rings. The van der Waals surface area contributed by atoms with Crippen LogP contribution in [0.1, 0.15) is 128 Å². The van der Waals surface area contributed by atoms with Crippen LogP contribution in [-0.2, 0) is 33.3 Å². The third kappa shape index (κ3) is 13.6. The van der Waals surface area contributed by atoms with Crippen LogP contribution in [0.5, 0.6) is 0 Å². The summed E-state index contributed by atoms with van der Waals surface area (Å²) in [5.41, 5.74) is 0.0567. The van der Waals surface area contributed by atoms with Crippen molar-refractivity contribution in [2.24, 2.45) is 0 Å². The van der Waals surface area contributed by atoms with Crippen molar-refractivity contribution in [3.05, 3.63) is 102 Å². The van der Waals surface area contributed by atoms with Crippen LogP contribution >= 0.6 is 0 Å². The smallest absolute Gasteiger partial charge is 0.379 e. The molecule has 0 saturated carbocycles. The van der Waals surface area contributed by atoms with E-state index in [2.05, 4.69) is 21.9 Å². The number of rotatable bonds is 23. The molecule has 1 aliphatic heterocycles. The van der Waals surface area contributed by atoms with Gasteiger partial charge in [0, 0.05) is 43.6 Å². The molecule has 0 N–H and O–H groups in total. The summed E-state index contributed by atoms with van der Waals surface area (Å²) in [6.45, 7) is 1.66. The van der Waals surface area contributed by atoms with E-state index in [1.54, 1.807) is 0 Å². The minimum Gasteiger partial charge on any atom is -0.462 e. The number of hydrogen-bond acceptors (Lipinski definition) is 13. The van der Waals surface area contributed by atoms with E-state index in [9.17, 15) is 24.0 Å². The molecule has 1 aliphatic rings. The molecule has 4 heterocycles. The summed E-state index contributed by atoms with van der Waals surface area (Å²) in [5, 5.41) is 0. The molecule has 0 bridgehead atoms. The van der Waals surface area contributed by atoms with E-state index in [1.807, 2.05) is 0 Å². The van der Waals surface area contributed by atoms with Gasteiger partial charge in [0.1, 0.15) is 6.61 Å². The fraction of sp³-hybridized carbons (Fsp3) is 0.450. The number of unbranched alkanes of at least 4 members (excludes halogenated alkanes) is 12. The van der Waals surface area contributed by atoms with E-state index in [4.69, 9.17) is 23.7 Å². The largest absolute Gasteiger partial charge is 0.462 e. The van der Waals surface area contributed by atoms with Crippen molar-refractivity contribution in [2.75, 3.05) is 6.61 Å². The number of nitrogens with zero attached hydrogens (tertiary/aromatic N) is 3. The first-order valence-corrected chi connectivity index (χ1v) is 18.3. The van der Waals surface area contributed by atoms with E-state index < -0.39 is 60.2 Å². The van der Waals surface area contributed by atoms with Gasteiger partial charge >= 0.3 is 29.8 Å². The molecule has 13 heteroatoms. The van der Waals surface area contributed by atoms with Gasteiger partial charge in [-0.3, -0.25) is 19.7 Å². The van der Waals surface area contributed by atoms with Crippen molar-refractivity contribution < 1.29 is 47.7 Å². The lowest BCUT2D eigenvalue weighted by Gasteiger charge is -2.24. The number of carbonyl (C=O) groups excluding carboxylic acids is 5. The zero-order valence-electron chi connectivity index (χ0n) is 30.1. The Balaban J connectivity index is 1.40. The Labute approximate surface area is 309 Å². The Morgan fingerprint density at radius 1 is 0.660 bits per heavy atom. The molecule has 13 nitrogen and oxygen atoms in total. The highest BCUT2D eigenvalue weighted by molar-refractivity contribution is 5.98. The first-order valence-electron chi connectivity index (χ1n) is 18.3. The van der Waals surface area contributed by atoms with Crippen LogP contribution in [0.25, 0.3) is 0 Å². The van der Waals surface area contributed by atoms with Gasteiger partial charge in [0.2, 0.25) is 11.9 Å². The van der Waals surface area contributed by atoms with E-state index in [0.29, 0.717) is 6.42 Å². The van der Waals surface area contributed by atoms with Gasteiger partial charge in [0.25, 0.3) is 5.76 Å². The first kappa shape index (κ1) is 40.3. The Morgan fingerprint density at radius 2 is 1.13 bits per heavy atom. The summed E-state index contributed by atoms with van der Waals surface area (Å²) in [4.78, 5) is 77.0. The summed E-state index contributed by atoms with van der Waals surface area (Å²) < 4.78 is 27.6. The lowest BCUT2D eigenvalue weighted by atomic mass is 10.0. The normalized spacial score (nSPS) is 14.3. The molecule has 0 radical (unpaired) electrons. The van der Waals surface area contributed by atoms with Gasteiger partial charge in [-0.2, -0.15) is 0 Å². The Kier molecular flexibility index (Phi) is 17.1. The van der Waals surface area contributed by atoms with Crippen molar-refractivity contribution >= 4 is 29.8 Å². The summed E-state index contributed by atoms with van der Waals surface area (Å²) in [6.07, 6.45) is 20.1. The quantitative estimate of drug-likeness (QED) is 0.0543. The number of pyridine rings is 3. The standard InChI is InChI=1S/C40H47N3O10/c1-2-3-4-5-6-7-8-9-10-11-12-13-14-21-33(44)49-28-32(50-37(45)29-18-15-22-41-25-29)34-35(52-38(46)30-19-16-23-42-26-30)36(40(48)51-34)53-39(47)31-20-17-24-43-27-31/h15-20,22-27,32,34H,2-14,21,28H2,1H3/t32-,34+/m0/s1. The molecule has 0 unspecified atom stereocenters. The van der Waals surface area contributed by atoms with E-state index >= 15 is 0 Å². The van der Waals surface area contributed by atoms with Crippen LogP contribution in [0.4, 0.5) is 0 Å². The van der Waals surface area contributed by atoms with Gasteiger partial charge in [-0.05, 0) is 42.8 Å². The highest BCUT2D eigenvalue weighted by atomic mass is 16.7. The molecule has 2 atom stereocenters. The third-order valence-corrected chi connectivity index (χ3v) is 8.48. The van der Waals surface area contributed by atoms with Gasteiger partial charge < -0.3 is 23.7 Å². The van der Waals surface area contributed by atoms with Gasteiger partial charge in [0.15, 0.2) is 6.10 Å². The molecule has 282 valence electrons. The van der Waals surface area contributed by atoms with E-state index in [-0.39, 0.29) is 23.1 Å². The van der Waals surface area contributed by atoms with Crippen LogP contribution < -0.4 is 0 Å². The van der Waals surface area contributed by atoms with Crippen molar-refractivity contribution in [1.29, 1.82) is 0 Å². The maximum absolute atomic E-state index is 13.2. The fourth-order valence-electron chi connectivity index (χ4n) is 5.58. The number of aromatic nitrogens is 3. The van der Waals surface area contributed by atoms with Crippen LogP contribution in [0.3, 0.4) is 0 Å². The topological polar surface area (TPSA) is 170 Å². The minimum absolute atomic E-state index is 0.00385. The lowest BCUT2D eigenvalue weighted by molar-refractivity contribution is -0.155. The number of hydrogen-bond donors (Lipinski definition) is 0. The number of ether oxygens (including phenoxy) is 5. The molecular formula is C40H47N3O10. The predicted octanol–water partition coefficient (Wildman–Crippen LogP) is 7.27. The maximum Gasteiger partial charge on any atom is 0.379 e. The highest BCUT2D eigenvalue weighted by Gasteiger charge is 2.47. The van der Waals surface area contributed by atoms with Crippen molar-refractivity contribution in [3.63, 3.8) is 0 Å². The van der Waals surface area contributed by atoms with Crippen LogP contribution in [0, 0.1) is 0 Å². The molecule has 0 saturated heterocycles. The fourth-order valence-corrected chi connectivity index (χ4v) is 5.58. The van der Waals surface area contributed by atoms with Crippen molar-refractivity contribution in [1.82, 2.24) is 15.0 Å². The monoisotopic (exact) mass is 729 g/mol. The summed E-state index contributed by atoms with van der Waals surface area (Å²) >= 11 is 0. The second-order valence-electron chi connectivity index (χ2n) is 12.6. The average molecular weight is 730 g/mol. The highest BCUT2D eigenvalue weighted by Crippen LogP contribution is 2.31. The third-order valence-electron chi connectivity index (χ3n) is 8.48. The van der Waals surface area contributed by atoms with Gasteiger partial charge in [0.05, 0.1) is 16.7 Å². The molecule has 0 amide bonds. The second-order valence-corrected chi connectivity index (χ2v) is 12.6. The summed E-state index contributed by atoms with van der Waals surface area (Å²) in [7, 11) is 0. The molecule has 0 aromatic carbocycles. The summed E-state index contributed by atoms with van der Waals surface area (Å²) in [5.74, 6) is -5.88. The van der Waals surface area contributed by atoms with E-state index in [1.165, 1.54) is 131 Å². The molecule has 0 aliphatic carbocycles. The summed E-state index contributed by atoms with van der Waals surface area (Å²) in [6, 6.07) is 8.79. The minimum atomic E-state index is -1.65. The molecule has 53 heavy (non-hydrogen) atoms. The van der Waals surface area contributed by atoms with Crippen LogP contribution in [0.2, 0.25) is 0 Å². The van der Waals surface area contributed by atoms with Crippen molar-refractivity contribution in [2.45, 2.75) is 109 Å². The van der Waals surface area contributed by atoms with Gasteiger partial charge in [-0.15, -0.1) is 0 Å². The Hall–Kier alpha value is -5.46. The molecular weight excluding hydrogens is 682 g/mol. The van der Waals surface area contributed by atoms with Gasteiger partial charge in [-0.1, -0.05) is 84.0 Å². The number of carbonyl (C=O) groups is 5. The molecule has 3 aromatic heterocycles. The zero-order chi connectivity index (χ0) is 37.7. The second kappa shape index (κ2) is 22.5. The Bertz CT molecular complexity index is 1650. The average Bonchev–Trinajstić information content (AvgIpc) is 3.49. The SMILES string of the molecule is CCCCCCCCCCCCCCCC(=O)OC[C@H](OC(=O)c1cccnc1)[C@H]1OC(=O)C(OC(=O)c2cccnc2)=C1OC(=O)c1cccnc1. The maximum atomic E-state index is 13.2. The molecule has 4 rings (SSSR count). The first-order chi connectivity index (χ1) is 25.9. The lowest BCUT2D eigenvalue weighted by Crippen LogP contribution is -2.39. The number of cyclic esters (lactones) is 1. The van der Waals surface area contributed by atoms with E-state index in [0.717, 1.165) is 19.3 Å². The molecule has 0 fully saturated rings. The predicted molar refractivity (Wildman–Crippen MR) is 191 cm³/mol. The van der Waals surface area contributed by atoms with Crippen LogP contribution in [0.15, 0.2) is 85.1 Å². The molecule has 0 spiro atoms. The Morgan fingerprint density at radius 3 is 1.62 bits per heavy atom. The van der Waals surface area contributed by atoms with Crippen LogP contribution in [-0.4, -0.2) is 63.6 Å². The van der Waals surface area contributed by atoms with Crippen molar-refractivity contribution in [3.8, 4) is 0 Å². The zero-order valence-corrected chi connectivity index (χ0v) is 30.1. The van der Waals surface area contributed by atoms with Gasteiger partial charge in [-0.25, -0.2) is 19.2 Å².